The summed E-state index contributed by atoms with van der Waals surface area (Å²) in [5, 5.41) is 16.3. The van der Waals surface area contributed by atoms with Gasteiger partial charge in [-0.15, -0.1) is 0 Å². The molecule has 2 aromatic rings. The number of aliphatic imine (C=N–C) groups is 1. The summed E-state index contributed by atoms with van der Waals surface area (Å²) in [6, 6.07) is 14.0. The second-order valence-corrected chi connectivity index (χ2v) is 6.39. The summed E-state index contributed by atoms with van der Waals surface area (Å²) in [6.07, 6.45) is 1.69. The third-order valence-corrected chi connectivity index (χ3v) is 4.26. The number of nitrogens with zero attached hydrogens (tertiary/aromatic N) is 2. The molecule has 6 nitrogen and oxygen atoms in total. The minimum Gasteiger partial charge on any atom is -0.468 e. The van der Waals surface area contributed by atoms with Gasteiger partial charge in [0.2, 0.25) is 0 Å². The minimum absolute atomic E-state index is 0.0126. The van der Waals surface area contributed by atoms with Crippen LogP contribution in [0.5, 0.6) is 0 Å². The Kier molecular flexibility index (Phi) is 8.18. The van der Waals surface area contributed by atoms with E-state index in [2.05, 4.69) is 20.5 Å². The van der Waals surface area contributed by atoms with Crippen molar-refractivity contribution in [3.05, 3.63) is 60.1 Å². The molecule has 1 aromatic heterocycles. The van der Waals surface area contributed by atoms with E-state index in [9.17, 15) is 5.11 Å². The fourth-order valence-electron chi connectivity index (χ4n) is 2.75. The Labute approximate surface area is 155 Å². The van der Waals surface area contributed by atoms with Crippen LogP contribution < -0.4 is 10.6 Å². The fraction of sp³-hybridized carbons (Fsp3) is 0.450. The molecule has 2 rings (SSSR count). The summed E-state index contributed by atoms with van der Waals surface area (Å²) in [6.45, 7) is 4.06. The Hall–Kier alpha value is -2.31. The third-order valence-electron chi connectivity index (χ3n) is 4.26. The van der Waals surface area contributed by atoms with Crippen molar-refractivity contribution in [2.45, 2.75) is 18.9 Å². The van der Waals surface area contributed by atoms with Gasteiger partial charge in [0, 0.05) is 19.0 Å². The van der Waals surface area contributed by atoms with Crippen LogP contribution in [0, 0.1) is 0 Å². The molecule has 142 valence electrons. The zero-order chi connectivity index (χ0) is 18.8. The molecule has 0 saturated carbocycles. The summed E-state index contributed by atoms with van der Waals surface area (Å²) >= 11 is 0. The van der Waals surface area contributed by atoms with Crippen molar-refractivity contribution >= 4 is 5.96 Å². The Morgan fingerprint density at radius 2 is 1.92 bits per heavy atom. The maximum Gasteiger partial charge on any atom is 0.191 e. The van der Waals surface area contributed by atoms with Crippen LogP contribution in [-0.2, 0) is 0 Å². The van der Waals surface area contributed by atoms with Crippen molar-refractivity contribution in [1.29, 1.82) is 0 Å². The van der Waals surface area contributed by atoms with Crippen LogP contribution in [0.25, 0.3) is 0 Å². The number of guanidine groups is 1. The topological polar surface area (TPSA) is 73.0 Å². The molecular weight excluding hydrogens is 328 g/mol. The van der Waals surface area contributed by atoms with Gasteiger partial charge in [0.05, 0.1) is 25.5 Å². The SMILES string of the molecule is CCNC(=NCC(CO)c1ccccc1)NCC(c1ccco1)N(C)C. The second kappa shape index (κ2) is 10.6. The molecule has 0 spiro atoms. The second-order valence-electron chi connectivity index (χ2n) is 6.39. The van der Waals surface area contributed by atoms with Gasteiger partial charge in [0.25, 0.3) is 0 Å². The number of nitrogens with one attached hydrogen (secondary N) is 2. The largest absolute Gasteiger partial charge is 0.468 e. The van der Waals surface area contributed by atoms with Gasteiger partial charge in [-0.25, -0.2) is 0 Å². The van der Waals surface area contributed by atoms with E-state index >= 15 is 0 Å². The van der Waals surface area contributed by atoms with Crippen LogP contribution in [-0.4, -0.2) is 56.3 Å². The lowest BCUT2D eigenvalue weighted by molar-refractivity contribution is 0.257. The van der Waals surface area contributed by atoms with E-state index in [1.165, 1.54) is 0 Å². The predicted octanol–water partition coefficient (Wildman–Crippen LogP) is 2.21. The van der Waals surface area contributed by atoms with E-state index in [0.29, 0.717) is 13.1 Å². The molecule has 2 atom stereocenters. The number of aliphatic hydroxyl groups is 1. The zero-order valence-electron chi connectivity index (χ0n) is 15.9. The zero-order valence-corrected chi connectivity index (χ0v) is 15.9. The fourth-order valence-corrected chi connectivity index (χ4v) is 2.75. The van der Waals surface area contributed by atoms with Crippen LogP contribution >= 0.6 is 0 Å². The maximum atomic E-state index is 9.71. The van der Waals surface area contributed by atoms with Crippen LogP contribution in [0.4, 0.5) is 0 Å². The Balaban J connectivity index is 2.01. The molecule has 0 saturated heterocycles. The monoisotopic (exact) mass is 358 g/mol. The molecule has 1 heterocycles. The summed E-state index contributed by atoms with van der Waals surface area (Å²) < 4.78 is 5.55. The number of hydrogen-bond acceptors (Lipinski definition) is 4. The molecule has 0 radical (unpaired) electrons. The molecule has 26 heavy (non-hydrogen) atoms. The maximum absolute atomic E-state index is 9.71. The molecule has 1 aromatic carbocycles. The third kappa shape index (κ3) is 5.89. The lowest BCUT2D eigenvalue weighted by Gasteiger charge is -2.24. The van der Waals surface area contributed by atoms with Gasteiger partial charge in [-0.1, -0.05) is 30.3 Å². The number of benzene rings is 1. The first-order valence-electron chi connectivity index (χ1n) is 9.03. The molecule has 0 aliphatic carbocycles. The minimum atomic E-state index is -0.0126. The average molecular weight is 358 g/mol. The van der Waals surface area contributed by atoms with Gasteiger partial charge in [-0.05, 0) is 38.7 Å². The lowest BCUT2D eigenvalue weighted by Crippen LogP contribution is -2.42. The van der Waals surface area contributed by atoms with Crippen molar-refractivity contribution in [2.24, 2.45) is 4.99 Å². The first-order chi connectivity index (χ1) is 12.7. The normalized spacial score (nSPS) is 14.3. The molecular formula is C20H30N4O2. The van der Waals surface area contributed by atoms with Crippen molar-refractivity contribution < 1.29 is 9.52 Å². The molecule has 6 heteroatoms. The standard InChI is InChI=1S/C20H30N4O2/c1-4-21-20(22-13-17(15-25)16-9-6-5-7-10-16)23-14-18(24(2)3)19-11-8-12-26-19/h5-12,17-18,25H,4,13-15H2,1-3H3,(H2,21,22,23). The lowest BCUT2D eigenvalue weighted by atomic mass is 10.0. The van der Waals surface area contributed by atoms with E-state index in [-0.39, 0.29) is 18.6 Å². The molecule has 0 bridgehead atoms. The van der Waals surface area contributed by atoms with Crippen molar-refractivity contribution in [3.63, 3.8) is 0 Å². The Morgan fingerprint density at radius 3 is 2.50 bits per heavy atom. The van der Waals surface area contributed by atoms with Gasteiger partial charge < -0.3 is 20.2 Å². The van der Waals surface area contributed by atoms with Gasteiger partial charge in [0.15, 0.2) is 5.96 Å². The van der Waals surface area contributed by atoms with E-state index in [4.69, 9.17) is 4.42 Å². The molecule has 0 aliphatic rings. The van der Waals surface area contributed by atoms with Crippen molar-refractivity contribution in [3.8, 4) is 0 Å². The summed E-state index contributed by atoms with van der Waals surface area (Å²) in [5.74, 6) is 1.64. The highest BCUT2D eigenvalue weighted by atomic mass is 16.3. The van der Waals surface area contributed by atoms with Crippen LogP contribution in [0.3, 0.4) is 0 Å². The van der Waals surface area contributed by atoms with Crippen LogP contribution in [0.15, 0.2) is 58.1 Å². The molecule has 2 unspecified atom stereocenters. The number of furan rings is 1. The summed E-state index contributed by atoms with van der Waals surface area (Å²) in [5.41, 5.74) is 1.09. The highest BCUT2D eigenvalue weighted by Crippen LogP contribution is 2.18. The van der Waals surface area contributed by atoms with Gasteiger partial charge in [0.1, 0.15) is 5.76 Å². The first-order valence-corrected chi connectivity index (χ1v) is 9.03. The van der Waals surface area contributed by atoms with Crippen molar-refractivity contribution in [2.75, 3.05) is 40.3 Å². The van der Waals surface area contributed by atoms with Gasteiger partial charge in [-0.2, -0.15) is 0 Å². The average Bonchev–Trinajstić information content (AvgIpc) is 3.17. The van der Waals surface area contributed by atoms with E-state index in [1.54, 1.807) is 6.26 Å². The van der Waals surface area contributed by atoms with Crippen molar-refractivity contribution in [1.82, 2.24) is 15.5 Å². The van der Waals surface area contributed by atoms with Crippen LogP contribution in [0.2, 0.25) is 0 Å². The van der Waals surface area contributed by atoms with Gasteiger partial charge in [-0.3, -0.25) is 9.89 Å². The number of aliphatic hydroxyl groups excluding tert-OH is 1. The predicted molar refractivity (Wildman–Crippen MR) is 105 cm³/mol. The van der Waals surface area contributed by atoms with Crippen LogP contribution in [0.1, 0.15) is 30.2 Å². The van der Waals surface area contributed by atoms with E-state index in [0.717, 1.165) is 23.8 Å². The summed E-state index contributed by atoms with van der Waals surface area (Å²) in [7, 11) is 4.05. The molecule has 3 N–H and O–H groups in total. The van der Waals surface area contributed by atoms with E-state index < -0.39 is 0 Å². The highest BCUT2D eigenvalue weighted by molar-refractivity contribution is 5.79. The first kappa shape index (κ1) is 20.0. The molecule has 0 aliphatic heterocycles. The highest BCUT2D eigenvalue weighted by Gasteiger charge is 2.17. The molecule has 0 amide bonds. The van der Waals surface area contributed by atoms with E-state index in [1.807, 2.05) is 63.5 Å². The Bertz CT molecular complexity index is 641. The molecule has 0 fully saturated rings. The van der Waals surface area contributed by atoms with Gasteiger partial charge >= 0.3 is 0 Å². The number of hydrogen-bond donors (Lipinski definition) is 3. The number of likely N-dealkylation sites (N-methyl/N-ethyl adjacent to an activating group) is 1. The number of rotatable bonds is 9. The quantitative estimate of drug-likeness (QED) is 0.473. The Morgan fingerprint density at radius 1 is 1.15 bits per heavy atom. The smallest absolute Gasteiger partial charge is 0.191 e. The summed E-state index contributed by atoms with van der Waals surface area (Å²) in [4.78, 5) is 6.77.